The average molecular weight is 673 g/mol. The summed E-state index contributed by atoms with van der Waals surface area (Å²) in [5, 5.41) is 3.83. The summed E-state index contributed by atoms with van der Waals surface area (Å²) < 4.78 is 102. The van der Waals surface area contributed by atoms with Crippen molar-refractivity contribution < 1.29 is 49.9 Å². The van der Waals surface area contributed by atoms with Gasteiger partial charge in [-0.2, -0.15) is 31.4 Å². The number of hydrogen-bond acceptors (Lipinski definition) is 6. The van der Waals surface area contributed by atoms with Crippen LogP contribution in [0, 0.1) is 0 Å². The largest absolute Gasteiger partial charge is 0.444 e. The summed E-state index contributed by atoms with van der Waals surface area (Å²) in [7, 11) is 0. The van der Waals surface area contributed by atoms with Gasteiger partial charge in [-0.1, -0.05) is 12.1 Å². The second kappa shape index (κ2) is 11.9. The Labute approximate surface area is 262 Å². The van der Waals surface area contributed by atoms with Crippen molar-refractivity contribution in [1.29, 1.82) is 0 Å². The van der Waals surface area contributed by atoms with Crippen LogP contribution in [0.15, 0.2) is 47.5 Å². The van der Waals surface area contributed by atoms with Crippen LogP contribution in [0.3, 0.4) is 0 Å². The van der Waals surface area contributed by atoms with Crippen molar-refractivity contribution in [3.05, 3.63) is 69.8 Å². The number of thioether (sulfide) groups is 1. The van der Waals surface area contributed by atoms with Crippen LogP contribution in [0.4, 0.5) is 40.3 Å². The number of piperidine rings is 1. The van der Waals surface area contributed by atoms with Gasteiger partial charge >= 0.3 is 18.4 Å². The summed E-state index contributed by atoms with van der Waals surface area (Å²) in [5.41, 5.74) is -3.27. The van der Waals surface area contributed by atoms with E-state index in [9.17, 15) is 45.1 Å². The Balaban J connectivity index is 1.36. The molecule has 3 amide bonds. The number of hydrogen-bond donors (Lipinski definition) is 0. The fourth-order valence-corrected chi connectivity index (χ4v) is 6.08. The first-order chi connectivity index (χ1) is 21.3. The molecule has 2 unspecified atom stereocenters. The molecule has 1 aromatic heterocycles. The fraction of sp³-hybridized carbons (Fsp3) is 0.400. The number of aromatic nitrogens is 2. The number of halogens is 7. The van der Waals surface area contributed by atoms with E-state index < -0.39 is 70.6 Å². The minimum Gasteiger partial charge on any atom is -0.444 e. The third-order valence-electron chi connectivity index (χ3n) is 7.33. The molecule has 2 atom stereocenters. The van der Waals surface area contributed by atoms with Crippen LogP contribution in [0.25, 0.3) is 17.0 Å². The first kappa shape index (κ1) is 33.3. The van der Waals surface area contributed by atoms with E-state index in [1.165, 1.54) is 34.0 Å². The lowest BCUT2D eigenvalue weighted by Gasteiger charge is -2.38. The monoisotopic (exact) mass is 672 g/mol. The Kier molecular flexibility index (Phi) is 8.64. The molecule has 16 heteroatoms. The number of imide groups is 1. The zero-order valence-electron chi connectivity index (χ0n) is 24.6. The van der Waals surface area contributed by atoms with E-state index in [0.717, 1.165) is 11.0 Å². The molecule has 246 valence electrons. The van der Waals surface area contributed by atoms with Crippen LogP contribution in [-0.4, -0.2) is 67.7 Å². The van der Waals surface area contributed by atoms with Gasteiger partial charge in [-0.3, -0.25) is 19.2 Å². The number of likely N-dealkylation sites (tertiary alicyclic amines) is 1. The maximum Gasteiger partial charge on any atom is 0.416 e. The second-order valence-corrected chi connectivity index (χ2v) is 12.8. The SMILES string of the molecule is CC(C)(C)OC(=O)N1CCC(F)C(N2C(=O)SC(=Cc3ccc4c(cnn4Cc4ccc(C(F)(F)F)cc4C(F)(F)F)c3)C2=O)C1. The van der Waals surface area contributed by atoms with Crippen LogP contribution < -0.4 is 0 Å². The molecule has 2 aliphatic rings. The predicted molar refractivity (Wildman–Crippen MR) is 154 cm³/mol. The first-order valence-corrected chi connectivity index (χ1v) is 14.8. The fourth-order valence-electron chi connectivity index (χ4n) is 5.19. The van der Waals surface area contributed by atoms with Crippen molar-refractivity contribution >= 4 is 46.0 Å². The van der Waals surface area contributed by atoms with Gasteiger partial charge in [0.1, 0.15) is 11.8 Å². The van der Waals surface area contributed by atoms with E-state index in [2.05, 4.69) is 5.10 Å². The number of carbonyl (C=O) groups excluding carboxylic acids is 3. The van der Waals surface area contributed by atoms with Crippen molar-refractivity contribution in [3.63, 3.8) is 0 Å². The molecule has 0 N–H and O–H groups in total. The van der Waals surface area contributed by atoms with E-state index in [-0.39, 0.29) is 30.5 Å². The van der Waals surface area contributed by atoms with Crippen molar-refractivity contribution in [3.8, 4) is 0 Å². The molecular weight excluding hydrogens is 645 g/mol. The summed E-state index contributed by atoms with van der Waals surface area (Å²) in [5.74, 6) is -0.744. The molecule has 2 saturated heterocycles. The summed E-state index contributed by atoms with van der Waals surface area (Å²) >= 11 is 0.601. The first-order valence-electron chi connectivity index (χ1n) is 13.9. The highest BCUT2D eigenvalue weighted by Crippen LogP contribution is 2.39. The quantitative estimate of drug-likeness (QED) is 0.211. The molecule has 0 saturated carbocycles. The maximum atomic E-state index is 15.0. The molecule has 2 aromatic carbocycles. The Hall–Kier alpha value is -4.08. The maximum absolute atomic E-state index is 15.0. The topological polar surface area (TPSA) is 84.7 Å². The van der Waals surface area contributed by atoms with Gasteiger partial charge in [0.2, 0.25) is 0 Å². The van der Waals surface area contributed by atoms with Gasteiger partial charge < -0.3 is 9.64 Å². The number of nitrogens with zero attached hydrogens (tertiary/aromatic N) is 4. The molecule has 0 bridgehead atoms. The van der Waals surface area contributed by atoms with E-state index in [1.54, 1.807) is 26.8 Å². The van der Waals surface area contributed by atoms with Crippen LogP contribution in [0.1, 0.15) is 49.4 Å². The Morgan fingerprint density at radius 1 is 1.04 bits per heavy atom. The summed E-state index contributed by atoms with van der Waals surface area (Å²) in [6.07, 6.45) is -9.58. The zero-order chi connectivity index (χ0) is 33.8. The molecule has 3 aromatic rings. The highest BCUT2D eigenvalue weighted by Gasteiger charge is 2.46. The number of amides is 3. The summed E-state index contributed by atoms with van der Waals surface area (Å²) in [6, 6.07) is 4.79. The predicted octanol–water partition coefficient (Wildman–Crippen LogP) is 7.51. The van der Waals surface area contributed by atoms with Crippen LogP contribution in [-0.2, 0) is 28.4 Å². The highest BCUT2D eigenvalue weighted by molar-refractivity contribution is 8.18. The number of rotatable bonds is 4. The zero-order valence-corrected chi connectivity index (χ0v) is 25.4. The van der Waals surface area contributed by atoms with Crippen LogP contribution in [0.5, 0.6) is 0 Å². The van der Waals surface area contributed by atoms with Gasteiger partial charge in [-0.05, 0) is 80.4 Å². The molecule has 3 heterocycles. The third-order valence-corrected chi connectivity index (χ3v) is 8.22. The summed E-state index contributed by atoms with van der Waals surface area (Å²) in [6.45, 7) is 4.38. The standard InChI is InChI=1S/C30H27F7N4O4S/c1-28(2,3)45-26(43)39-9-8-21(31)23(15-39)41-25(42)24(46-27(41)44)11-16-4-7-22-18(10-16)13-38-40(22)14-17-5-6-19(29(32,33)34)12-20(17)30(35,36)37/h4-7,10-13,21,23H,8-9,14-15H2,1-3H3. The minimum atomic E-state index is -5.04. The van der Waals surface area contributed by atoms with E-state index in [0.29, 0.717) is 34.3 Å². The van der Waals surface area contributed by atoms with E-state index in [1.807, 2.05) is 0 Å². The minimum absolute atomic E-state index is 0.00194. The lowest BCUT2D eigenvalue weighted by atomic mass is 10.0. The van der Waals surface area contributed by atoms with E-state index in [4.69, 9.17) is 4.74 Å². The normalized spacial score (nSPS) is 20.7. The molecule has 8 nitrogen and oxygen atoms in total. The van der Waals surface area contributed by atoms with Gasteiger partial charge in [-0.25, -0.2) is 9.18 Å². The average Bonchev–Trinajstić information content (AvgIpc) is 3.45. The molecule has 46 heavy (non-hydrogen) atoms. The summed E-state index contributed by atoms with van der Waals surface area (Å²) in [4.78, 5) is 40.8. The number of carbonyl (C=O) groups is 3. The number of benzene rings is 2. The lowest BCUT2D eigenvalue weighted by Crippen LogP contribution is -2.57. The highest BCUT2D eigenvalue weighted by atomic mass is 32.2. The van der Waals surface area contributed by atoms with Crippen molar-refractivity contribution in [2.75, 3.05) is 13.1 Å². The Bertz CT molecular complexity index is 1730. The van der Waals surface area contributed by atoms with Crippen molar-refractivity contribution in [1.82, 2.24) is 19.6 Å². The molecule has 5 rings (SSSR count). The van der Waals surface area contributed by atoms with Crippen LogP contribution in [0.2, 0.25) is 0 Å². The van der Waals surface area contributed by atoms with Crippen molar-refractivity contribution in [2.45, 2.75) is 63.9 Å². The number of alkyl halides is 7. The van der Waals surface area contributed by atoms with Gasteiger partial charge in [0, 0.05) is 18.5 Å². The van der Waals surface area contributed by atoms with Gasteiger partial charge in [0.05, 0.1) is 40.3 Å². The lowest BCUT2D eigenvalue weighted by molar-refractivity contribution is -0.143. The van der Waals surface area contributed by atoms with E-state index >= 15 is 0 Å². The molecule has 2 fully saturated rings. The second-order valence-electron chi connectivity index (χ2n) is 11.8. The number of ether oxygens (including phenoxy) is 1. The third kappa shape index (κ3) is 7.00. The Morgan fingerprint density at radius 3 is 2.41 bits per heavy atom. The Morgan fingerprint density at radius 2 is 1.76 bits per heavy atom. The van der Waals surface area contributed by atoms with Crippen LogP contribution >= 0.6 is 11.8 Å². The van der Waals surface area contributed by atoms with Crippen molar-refractivity contribution in [2.24, 2.45) is 0 Å². The molecule has 0 radical (unpaired) electrons. The van der Waals surface area contributed by atoms with Gasteiger partial charge in [0.25, 0.3) is 11.1 Å². The molecule has 0 spiro atoms. The smallest absolute Gasteiger partial charge is 0.416 e. The number of fused-ring (bicyclic) bond motifs is 1. The van der Waals surface area contributed by atoms with Gasteiger partial charge in [-0.15, -0.1) is 0 Å². The molecular formula is C30H27F7N4O4S. The van der Waals surface area contributed by atoms with Gasteiger partial charge in [0.15, 0.2) is 0 Å². The molecule has 2 aliphatic heterocycles. The molecule has 0 aliphatic carbocycles.